The van der Waals surface area contributed by atoms with Crippen LogP contribution in [0.25, 0.3) is 0 Å². The van der Waals surface area contributed by atoms with Crippen LogP contribution < -0.4 is 16.0 Å². The molecular weight excluding hydrogens is 406 g/mol. The number of hydrogen-bond donors (Lipinski definition) is 3. The van der Waals surface area contributed by atoms with E-state index in [4.69, 9.17) is 5.26 Å². The summed E-state index contributed by atoms with van der Waals surface area (Å²) in [6.45, 7) is 3.61. The highest BCUT2D eigenvalue weighted by Gasteiger charge is 2.14. The van der Waals surface area contributed by atoms with Gasteiger partial charge in [0.25, 0.3) is 0 Å². The summed E-state index contributed by atoms with van der Waals surface area (Å²) in [6.07, 6.45) is 4.61. The molecule has 11 heteroatoms. The smallest absolute Gasteiger partial charge is 0.241 e. The molecule has 2 aromatic heterocycles. The molecule has 0 fully saturated rings. The number of rotatable bonds is 8. The minimum atomic E-state index is -0.906. The van der Waals surface area contributed by atoms with Crippen LogP contribution in [0.4, 0.5) is 26.2 Å². The lowest BCUT2D eigenvalue weighted by Crippen LogP contribution is -2.33. The Kier molecular flexibility index (Phi) is 6.71. The monoisotopic (exact) mass is 426 g/mol. The number of nitrogens with zero attached hydrogens (tertiary/aromatic N) is 5. The normalized spacial score (nSPS) is 10.6. The van der Waals surface area contributed by atoms with Gasteiger partial charge in [-0.1, -0.05) is 0 Å². The molecule has 0 spiro atoms. The molecule has 0 atom stereocenters. The maximum Gasteiger partial charge on any atom is 0.241 e. The largest absolute Gasteiger partial charge is 0.366 e. The van der Waals surface area contributed by atoms with E-state index in [0.717, 1.165) is 12.1 Å². The Labute approximate surface area is 177 Å². The van der Waals surface area contributed by atoms with Crippen LogP contribution in [0.15, 0.2) is 36.8 Å². The zero-order chi connectivity index (χ0) is 22.4. The van der Waals surface area contributed by atoms with Crippen LogP contribution >= 0.6 is 0 Å². The minimum Gasteiger partial charge on any atom is -0.366 e. The molecular formula is C20H20F2N8O. The Bertz CT molecular complexity index is 1120. The van der Waals surface area contributed by atoms with E-state index in [0.29, 0.717) is 11.5 Å². The molecule has 3 rings (SSSR count). The van der Waals surface area contributed by atoms with Crippen molar-refractivity contribution in [2.24, 2.45) is 0 Å². The molecule has 9 nitrogen and oxygen atoms in total. The third-order valence-electron chi connectivity index (χ3n) is 4.05. The highest BCUT2D eigenvalue weighted by molar-refractivity contribution is 5.76. The van der Waals surface area contributed by atoms with Crippen LogP contribution in [0, 0.1) is 23.0 Å². The summed E-state index contributed by atoms with van der Waals surface area (Å²) >= 11 is 0. The van der Waals surface area contributed by atoms with Crippen molar-refractivity contribution in [1.82, 2.24) is 25.1 Å². The van der Waals surface area contributed by atoms with Crippen LogP contribution in [0.1, 0.15) is 25.0 Å². The van der Waals surface area contributed by atoms with Crippen molar-refractivity contribution in [2.45, 2.75) is 33.0 Å². The van der Waals surface area contributed by atoms with E-state index in [1.54, 1.807) is 12.3 Å². The second-order valence-electron chi connectivity index (χ2n) is 6.89. The van der Waals surface area contributed by atoms with Crippen LogP contribution in [0.3, 0.4) is 0 Å². The zero-order valence-corrected chi connectivity index (χ0v) is 16.9. The summed E-state index contributed by atoms with van der Waals surface area (Å²) in [4.78, 5) is 20.1. The van der Waals surface area contributed by atoms with Gasteiger partial charge < -0.3 is 16.0 Å². The molecule has 0 radical (unpaired) electrons. The van der Waals surface area contributed by atoms with Gasteiger partial charge in [0.2, 0.25) is 11.9 Å². The number of aromatic nitrogens is 4. The molecule has 0 saturated heterocycles. The van der Waals surface area contributed by atoms with E-state index in [2.05, 4.69) is 31.0 Å². The first-order valence-corrected chi connectivity index (χ1v) is 9.38. The Balaban J connectivity index is 1.64. The van der Waals surface area contributed by atoms with Crippen LogP contribution in [0.2, 0.25) is 0 Å². The first-order chi connectivity index (χ1) is 14.9. The third-order valence-corrected chi connectivity index (χ3v) is 4.05. The molecule has 1 aromatic carbocycles. The van der Waals surface area contributed by atoms with Gasteiger partial charge in [-0.05, 0) is 32.0 Å². The predicted molar refractivity (Wildman–Crippen MR) is 109 cm³/mol. The topological polar surface area (TPSA) is 121 Å². The highest BCUT2D eigenvalue weighted by Crippen LogP contribution is 2.19. The van der Waals surface area contributed by atoms with Crippen molar-refractivity contribution in [3.8, 4) is 6.07 Å². The van der Waals surface area contributed by atoms with Crippen molar-refractivity contribution >= 4 is 23.4 Å². The SMILES string of the molecule is CC(C)NC(=O)Cn1cc(Nc2nccc(NCc3c(F)ccc(C#N)c3F)n2)cn1. The van der Waals surface area contributed by atoms with Crippen molar-refractivity contribution in [2.75, 3.05) is 10.6 Å². The summed E-state index contributed by atoms with van der Waals surface area (Å²) in [7, 11) is 0. The second-order valence-corrected chi connectivity index (χ2v) is 6.89. The number of carbonyl (C=O) groups excluding carboxylic acids is 1. The number of hydrogen-bond acceptors (Lipinski definition) is 7. The molecule has 0 bridgehead atoms. The third kappa shape index (κ3) is 5.72. The minimum absolute atomic E-state index is 0.0358. The van der Waals surface area contributed by atoms with E-state index in [9.17, 15) is 13.6 Å². The molecule has 0 aliphatic carbocycles. The van der Waals surface area contributed by atoms with E-state index in [1.165, 1.54) is 23.1 Å². The molecule has 1 amide bonds. The van der Waals surface area contributed by atoms with Crippen LogP contribution in [-0.2, 0) is 17.9 Å². The summed E-state index contributed by atoms with van der Waals surface area (Å²) < 4.78 is 29.6. The van der Waals surface area contributed by atoms with Crippen LogP contribution in [0.5, 0.6) is 0 Å². The Hall–Kier alpha value is -4.07. The second kappa shape index (κ2) is 9.62. The average Bonchev–Trinajstić information content (AvgIpc) is 3.14. The number of benzene rings is 1. The molecule has 0 aliphatic rings. The summed E-state index contributed by atoms with van der Waals surface area (Å²) in [5.74, 6) is -1.28. The molecule has 31 heavy (non-hydrogen) atoms. The van der Waals surface area contributed by atoms with Gasteiger partial charge in [-0.25, -0.2) is 13.8 Å². The van der Waals surface area contributed by atoms with E-state index < -0.39 is 11.6 Å². The molecule has 0 unspecified atom stereocenters. The fourth-order valence-electron chi connectivity index (χ4n) is 2.70. The number of halogens is 2. The number of nitrogens with one attached hydrogen (secondary N) is 3. The Morgan fingerprint density at radius 3 is 2.84 bits per heavy atom. The number of carbonyl (C=O) groups is 1. The van der Waals surface area contributed by atoms with Gasteiger partial charge in [-0.2, -0.15) is 15.3 Å². The van der Waals surface area contributed by atoms with Gasteiger partial charge >= 0.3 is 0 Å². The van der Waals surface area contributed by atoms with Crippen molar-refractivity contribution in [3.63, 3.8) is 0 Å². The number of nitriles is 1. The summed E-state index contributed by atoms with van der Waals surface area (Å²) in [6, 6.07) is 5.39. The van der Waals surface area contributed by atoms with Gasteiger partial charge in [-0.15, -0.1) is 0 Å². The average molecular weight is 426 g/mol. The lowest BCUT2D eigenvalue weighted by molar-refractivity contribution is -0.122. The van der Waals surface area contributed by atoms with E-state index >= 15 is 0 Å². The molecule has 3 N–H and O–H groups in total. The van der Waals surface area contributed by atoms with Gasteiger partial charge in [0.05, 0.1) is 17.4 Å². The molecule has 0 saturated carbocycles. The van der Waals surface area contributed by atoms with Crippen molar-refractivity contribution in [1.29, 1.82) is 5.26 Å². The van der Waals surface area contributed by atoms with Gasteiger partial charge in [0.1, 0.15) is 30.1 Å². The fourth-order valence-corrected chi connectivity index (χ4v) is 2.70. The zero-order valence-electron chi connectivity index (χ0n) is 16.9. The van der Waals surface area contributed by atoms with E-state index in [-0.39, 0.29) is 42.1 Å². The maximum absolute atomic E-state index is 14.2. The highest BCUT2D eigenvalue weighted by atomic mass is 19.1. The quantitative estimate of drug-likeness (QED) is 0.506. The van der Waals surface area contributed by atoms with Crippen molar-refractivity contribution < 1.29 is 13.6 Å². The standard InChI is InChI=1S/C20H20F2N8O/c1-12(2)27-18(31)11-30-10-14(8-26-30)28-20-24-6-5-17(29-20)25-9-15-16(21)4-3-13(7-23)19(15)22/h3-6,8,10,12H,9,11H2,1-2H3,(H,27,31)(H2,24,25,28,29). The Morgan fingerprint density at radius 1 is 1.29 bits per heavy atom. The van der Waals surface area contributed by atoms with Gasteiger partial charge in [-0.3, -0.25) is 9.48 Å². The van der Waals surface area contributed by atoms with Crippen LogP contribution in [-0.4, -0.2) is 31.7 Å². The Morgan fingerprint density at radius 2 is 2.10 bits per heavy atom. The van der Waals surface area contributed by atoms with Gasteiger partial charge in [0.15, 0.2) is 0 Å². The molecule has 3 aromatic rings. The summed E-state index contributed by atoms with van der Waals surface area (Å²) in [5, 5.41) is 21.5. The lowest BCUT2D eigenvalue weighted by atomic mass is 10.1. The molecule has 0 aliphatic heterocycles. The molecule has 160 valence electrons. The fraction of sp³-hybridized carbons (Fsp3) is 0.250. The van der Waals surface area contributed by atoms with Gasteiger partial charge in [0, 0.05) is 30.5 Å². The first kappa shape index (κ1) is 21.6. The molecule has 2 heterocycles. The van der Waals surface area contributed by atoms with E-state index in [1.807, 2.05) is 13.8 Å². The van der Waals surface area contributed by atoms with Crippen molar-refractivity contribution in [3.05, 3.63) is 59.6 Å². The maximum atomic E-state index is 14.2. The number of anilines is 3. The number of amides is 1. The summed E-state index contributed by atoms with van der Waals surface area (Å²) in [5.41, 5.74) is 0.0729. The first-order valence-electron chi connectivity index (χ1n) is 9.38. The lowest BCUT2D eigenvalue weighted by Gasteiger charge is -2.10. The predicted octanol–water partition coefficient (Wildman–Crippen LogP) is 2.70.